The predicted octanol–water partition coefficient (Wildman–Crippen LogP) is 5.13. The van der Waals surface area contributed by atoms with E-state index in [9.17, 15) is 9.59 Å². The van der Waals surface area contributed by atoms with E-state index in [4.69, 9.17) is 4.99 Å². The predicted molar refractivity (Wildman–Crippen MR) is 122 cm³/mol. The van der Waals surface area contributed by atoms with Crippen LogP contribution in [0, 0.1) is 6.92 Å². The zero-order chi connectivity index (χ0) is 20.7. The third-order valence-electron chi connectivity index (χ3n) is 4.92. The summed E-state index contributed by atoms with van der Waals surface area (Å²) in [5.74, 6) is -0.513. The van der Waals surface area contributed by atoms with E-state index in [0.29, 0.717) is 21.3 Å². The van der Waals surface area contributed by atoms with Gasteiger partial charge in [-0.2, -0.15) is 0 Å². The first-order valence-electron chi connectivity index (χ1n) is 9.49. The molecule has 0 aromatic heterocycles. The van der Waals surface area contributed by atoms with Crippen LogP contribution < -0.4 is 10.2 Å². The molecule has 3 aromatic rings. The van der Waals surface area contributed by atoms with E-state index in [2.05, 4.69) is 5.32 Å². The Hall–Kier alpha value is -3.64. The molecule has 0 spiro atoms. The van der Waals surface area contributed by atoms with Gasteiger partial charge in [-0.3, -0.25) is 14.5 Å². The van der Waals surface area contributed by atoms with E-state index in [1.54, 1.807) is 4.90 Å². The minimum absolute atomic E-state index is 0.250. The summed E-state index contributed by atoms with van der Waals surface area (Å²) in [4.78, 5) is 33.0. The molecule has 2 aliphatic rings. The monoisotopic (exact) mass is 411 g/mol. The van der Waals surface area contributed by atoms with Gasteiger partial charge in [0.05, 0.1) is 21.9 Å². The number of carbonyl (C=O) groups is 2. The van der Waals surface area contributed by atoms with Crippen LogP contribution in [0.15, 0.2) is 88.8 Å². The zero-order valence-electron chi connectivity index (χ0n) is 16.1. The van der Waals surface area contributed by atoms with Crippen molar-refractivity contribution in [2.45, 2.75) is 6.92 Å². The molecular weight excluding hydrogens is 394 g/mol. The van der Waals surface area contributed by atoms with Crippen molar-refractivity contribution < 1.29 is 9.59 Å². The number of anilines is 2. The molecule has 5 rings (SSSR count). The topological polar surface area (TPSA) is 61.8 Å². The van der Waals surface area contributed by atoms with E-state index >= 15 is 0 Å². The van der Waals surface area contributed by atoms with Crippen LogP contribution in [0.5, 0.6) is 0 Å². The number of amides is 2. The van der Waals surface area contributed by atoms with Gasteiger partial charge in [0.25, 0.3) is 11.8 Å². The standard InChI is InChI=1S/C24H17N3O2S/c1-15-12-13-19-18(14-15)20(22(28)26-19)21-23(29)27(17-10-6-3-7-11-17)24(30-21)25-16-8-4-2-5-9-16/h2-14H,1H3,(H,26,28)/b21-20-,25-24-. The number of amidine groups is 1. The summed E-state index contributed by atoms with van der Waals surface area (Å²) in [7, 11) is 0. The number of benzene rings is 3. The molecule has 2 aliphatic heterocycles. The van der Waals surface area contributed by atoms with Crippen LogP contribution in [0.3, 0.4) is 0 Å². The molecule has 0 unspecified atom stereocenters. The lowest BCUT2D eigenvalue weighted by atomic mass is 10.0. The van der Waals surface area contributed by atoms with Crippen molar-refractivity contribution in [3.8, 4) is 0 Å². The number of aliphatic imine (C=N–C) groups is 1. The normalized spacial score (nSPS) is 19.4. The van der Waals surface area contributed by atoms with Gasteiger partial charge in [0.2, 0.25) is 0 Å². The molecule has 3 aromatic carbocycles. The minimum atomic E-state index is -0.263. The van der Waals surface area contributed by atoms with Crippen molar-refractivity contribution in [3.63, 3.8) is 0 Å². The molecule has 1 N–H and O–H groups in total. The number of hydrogen-bond acceptors (Lipinski definition) is 4. The average molecular weight is 411 g/mol. The molecule has 1 saturated heterocycles. The fourth-order valence-corrected chi connectivity index (χ4v) is 4.62. The Morgan fingerprint density at radius 1 is 0.900 bits per heavy atom. The highest BCUT2D eigenvalue weighted by atomic mass is 32.2. The van der Waals surface area contributed by atoms with Gasteiger partial charge in [-0.05, 0) is 55.1 Å². The van der Waals surface area contributed by atoms with Gasteiger partial charge in [0, 0.05) is 11.3 Å². The number of rotatable bonds is 2. The van der Waals surface area contributed by atoms with E-state index in [0.717, 1.165) is 22.5 Å². The summed E-state index contributed by atoms with van der Waals surface area (Å²) in [6.07, 6.45) is 0. The van der Waals surface area contributed by atoms with Gasteiger partial charge in [-0.25, -0.2) is 4.99 Å². The Kier molecular flexibility index (Phi) is 4.48. The maximum atomic E-state index is 13.5. The first-order valence-corrected chi connectivity index (χ1v) is 10.3. The van der Waals surface area contributed by atoms with Crippen LogP contribution in [-0.2, 0) is 9.59 Å². The van der Waals surface area contributed by atoms with Crippen molar-refractivity contribution in [3.05, 3.63) is 94.9 Å². The Bertz CT molecular complexity index is 1230. The van der Waals surface area contributed by atoms with Crippen molar-refractivity contribution in [2.75, 3.05) is 10.2 Å². The maximum absolute atomic E-state index is 13.5. The number of carbonyl (C=O) groups excluding carboxylic acids is 2. The van der Waals surface area contributed by atoms with Crippen molar-refractivity contribution in [1.82, 2.24) is 0 Å². The first-order chi connectivity index (χ1) is 14.6. The second kappa shape index (κ2) is 7.31. The molecule has 0 radical (unpaired) electrons. The second-order valence-electron chi connectivity index (χ2n) is 7.02. The van der Waals surface area contributed by atoms with Gasteiger partial charge < -0.3 is 5.32 Å². The summed E-state index contributed by atoms with van der Waals surface area (Å²) in [5, 5.41) is 3.39. The fourth-order valence-electron chi connectivity index (χ4n) is 3.52. The van der Waals surface area contributed by atoms with E-state index in [1.165, 1.54) is 11.8 Å². The number of thioether (sulfide) groups is 1. The summed E-state index contributed by atoms with van der Waals surface area (Å²) in [6.45, 7) is 1.97. The lowest BCUT2D eigenvalue weighted by molar-refractivity contribution is -0.114. The molecule has 1 fully saturated rings. The highest BCUT2D eigenvalue weighted by Crippen LogP contribution is 2.44. The van der Waals surface area contributed by atoms with Gasteiger partial charge in [-0.15, -0.1) is 0 Å². The third kappa shape index (κ3) is 3.11. The van der Waals surface area contributed by atoms with Gasteiger partial charge in [0.15, 0.2) is 5.17 Å². The molecule has 6 heteroatoms. The number of nitrogens with zero attached hydrogens (tertiary/aromatic N) is 2. The number of aryl methyl sites for hydroxylation is 1. The van der Waals surface area contributed by atoms with Crippen LogP contribution in [0.1, 0.15) is 11.1 Å². The van der Waals surface area contributed by atoms with Gasteiger partial charge >= 0.3 is 0 Å². The number of nitrogens with one attached hydrogen (secondary N) is 1. The number of para-hydroxylation sites is 2. The quantitative estimate of drug-likeness (QED) is 0.595. The molecule has 0 aliphatic carbocycles. The highest BCUT2D eigenvalue weighted by molar-refractivity contribution is 8.19. The smallest absolute Gasteiger partial charge is 0.272 e. The highest BCUT2D eigenvalue weighted by Gasteiger charge is 2.40. The molecule has 0 bridgehead atoms. The molecule has 2 heterocycles. The lowest BCUT2D eigenvalue weighted by Gasteiger charge is -2.15. The van der Waals surface area contributed by atoms with Crippen LogP contribution in [-0.4, -0.2) is 17.0 Å². The second-order valence-corrected chi connectivity index (χ2v) is 7.99. The van der Waals surface area contributed by atoms with Crippen molar-refractivity contribution in [2.24, 2.45) is 4.99 Å². The first kappa shape index (κ1) is 18.4. The Morgan fingerprint density at radius 2 is 1.60 bits per heavy atom. The largest absolute Gasteiger partial charge is 0.321 e. The van der Waals surface area contributed by atoms with Crippen molar-refractivity contribution in [1.29, 1.82) is 0 Å². The fraction of sp³-hybridized carbons (Fsp3) is 0.0417. The van der Waals surface area contributed by atoms with Crippen LogP contribution in [0.4, 0.5) is 17.1 Å². The SMILES string of the molecule is Cc1ccc2c(c1)/C(=C1/S/C(=N\c3ccccc3)N(c3ccccc3)C1=O)C(=O)N2. The van der Waals surface area contributed by atoms with E-state index < -0.39 is 0 Å². The zero-order valence-corrected chi connectivity index (χ0v) is 16.9. The van der Waals surface area contributed by atoms with Crippen molar-refractivity contribution >= 4 is 51.4 Å². The molecule has 146 valence electrons. The Morgan fingerprint density at radius 3 is 2.33 bits per heavy atom. The molecule has 30 heavy (non-hydrogen) atoms. The van der Waals surface area contributed by atoms with Gasteiger partial charge in [-0.1, -0.05) is 48.0 Å². The number of fused-ring (bicyclic) bond motifs is 1. The van der Waals surface area contributed by atoms with E-state index in [1.807, 2.05) is 85.8 Å². The molecule has 2 amide bonds. The molecular formula is C24H17N3O2S. The lowest BCUT2D eigenvalue weighted by Crippen LogP contribution is -2.29. The van der Waals surface area contributed by atoms with Crippen LogP contribution >= 0.6 is 11.8 Å². The minimum Gasteiger partial charge on any atom is -0.321 e. The summed E-state index contributed by atoms with van der Waals surface area (Å²) in [5.41, 5.74) is 4.36. The number of hydrogen-bond donors (Lipinski definition) is 1. The Labute approximate surface area is 178 Å². The molecule has 5 nitrogen and oxygen atoms in total. The summed E-state index contributed by atoms with van der Waals surface area (Å²) in [6, 6.07) is 24.6. The van der Waals surface area contributed by atoms with Crippen LogP contribution in [0.2, 0.25) is 0 Å². The maximum Gasteiger partial charge on any atom is 0.272 e. The summed E-state index contributed by atoms with van der Waals surface area (Å²) >= 11 is 1.23. The molecule has 0 atom stereocenters. The summed E-state index contributed by atoms with van der Waals surface area (Å²) < 4.78 is 0. The molecule has 0 saturated carbocycles. The van der Waals surface area contributed by atoms with Gasteiger partial charge in [0.1, 0.15) is 0 Å². The third-order valence-corrected chi connectivity index (χ3v) is 5.96. The Balaban J connectivity index is 1.69. The van der Waals surface area contributed by atoms with Crippen LogP contribution in [0.25, 0.3) is 5.57 Å². The average Bonchev–Trinajstić information content (AvgIpc) is 3.24. The van der Waals surface area contributed by atoms with E-state index in [-0.39, 0.29) is 11.8 Å².